The van der Waals surface area contributed by atoms with Gasteiger partial charge in [0.25, 0.3) is 5.91 Å². The van der Waals surface area contributed by atoms with Crippen molar-refractivity contribution in [3.05, 3.63) is 76.3 Å². The summed E-state index contributed by atoms with van der Waals surface area (Å²) in [5.74, 6) is 4.49. The number of pyridine rings is 1. The Hall–Kier alpha value is -4.70. The van der Waals surface area contributed by atoms with Crippen LogP contribution in [0.5, 0.6) is 0 Å². The summed E-state index contributed by atoms with van der Waals surface area (Å²) in [6.07, 6.45) is 3.45. The van der Waals surface area contributed by atoms with Gasteiger partial charge in [-0.25, -0.2) is 19.3 Å². The van der Waals surface area contributed by atoms with Crippen LogP contribution in [0.2, 0.25) is 0 Å². The molecule has 3 N–H and O–H groups in total. The monoisotopic (exact) mass is 602 g/mol. The van der Waals surface area contributed by atoms with E-state index in [0.29, 0.717) is 33.3 Å². The van der Waals surface area contributed by atoms with E-state index in [1.165, 1.54) is 4.68 Å². The van der Waals surface area contributed by atoms with Crippen molar-refractivity contribution in [2.24, 2.45) is 11.7 Å². The Bertz CT molecular complexity index is 1750. The summed E-state index contributed by atoms with van der Waals surface area (Å²) in [5.41, 5.74) is 6.61. The summed E-state index contributed by atoms with van der Waals surface area (Å²) in [6.45, 7) is -0.180. The van der Waals surface area contributed by atoms with Crippen molar-refractivity contribution in [2.75, 3.05) is 5.32 Å². The second-order valence-corrected chi connectivity index (χ2v) is 10.3. The summed E-state index contributed by atoms with van der Waals surface area (Å²) < 4.78 is 15.0. The second-order valence-electron chi connectivity index (χ2n) is 9.53. The third-order valence-electron chi connectivity index (χ3n) is 6.87. The predicted octanol–water partition coefficient (Wildman–Crippen LogP) is 2.25. The van der Waals surface area contributed by atoms with Crippen LogP contribution < -0.4 is 11.1 Å². The Labute approximate surface area is 235 Å². The van der Waals surface area contributed by atoms with Gasteiger partial charge in [-0.05, 0) is 70.9 Å². The average Bonchev–Trinajstić information content (AvgIpc) is 3.43. The lowest BCUT2D eigenvalue weighted by Gasteiger charge is -2.26. The largest absolute Gasteiger partial charge is 0.364 e. The fourth-order valence-electron chi connectivity index (χ4n) is 5.01. The smallest absolute Gasteiger partial charge is 0.269 e. The minimum absolute atomic E-state index is 0.00767. The number of nitrogens with one attached hydrogen (secondary N) is 1. The molecule has 0 spiro atoms. The number of anilines is 1. The van der Waals surface area contributed by atoms with E-state index in [9.17, 15) is 18.8 Å². The van der Waals surface area contributed by atoms with Crippen LogP contribution in [0.4, 0.5) is 10.2 Å². The minimum Gasteiger partial charge on any atom is -0.364 e. The highest BCUT2D eigenvalue weighted by atomic mass is 79.9. The lowest BCUT2D eigenvalue weighted by Crippen LogP contribution is -2.46. The van der Waals surface area contributed by atoms with E-state index < -0.39 is 17.8 Å². The quantitative estimate of drug-likeness (QED) is 0.263. The topological polar surface area (TPSA) is 149 Å². The van der Waals surface area contributed by atoms with E-state index in [-0.39, 0.29) is 41.8 Å². The number of likely N-dealkylation sites (tertiary alicyclic amines) is 1. The van der Waals surface area contributed by atoms with Crippen molar-refractivity contribution >= 4 is 50.4 Å². The van der Waals surface area contributed by atoms with Crippen LogP contribution in [-0.2, 0) is 16.1 Å². The third-order valence-corrected chi connectivity index (χ3v) is 7.31. The molecule has 1 aliphatic carbocycles. The summed E-state index contributed by atoms with van der Waals surface area (Å²) in [5, 5.41) is 7.54. The van der Waals surface area contributed by atoms with Crippen LogP contribution in [0.25, 0.3) is 10.9 Å². The summed E-state index contributed by atoms with van der Waals surface area (Å²) in [6, 6.07) is 9.56. The van der Waals surface area contributed by atoms with Gasteiger partial charge >= 0.3 is 0 Å². The molecule has 1 aliphatic heterocycles. The SMILES string of the molecule is NC(=O)c1nn(CC(=O)N2[C@@H]3C[C@@H]3C[C@H]2C(=O)Nc2cccc(Br)n2)c2ccc(C#Cc3ncc(F)cn3)cc12. The highest BCUT2D eigenvalue weighted by Crippen LogP contribution is 2.48. The number of carbonyl (C=O) groups is 3. The number of primary amides is 1. The number of hydrogen-bond donors (Lipinski definition) is 2. The molecule has 4 heterocycles. The number of aromatic nitrogens is 5. The lowest BCUT2D eigenvalue weighted by atomic mass is 10.1. The molecule has 3 atom stereocenters. The van der Waals surface area contributed by atoms with Crippen LogP contribution in [0.1, 0.15) is 34.7 Å². The Morgan fingerprint density at radius 3 is 2.67 bits per heavy atom. The molecule has 1 aromatic carbocycles. The van der Waals surface area contributed by atoms with Gasteiger partial charge in [0.1, 0.15) is 23.0 Å². The molecule has 4 aromatic rings. The maximum absolute atomic E-state index is 13.5. The van der Waals surface area contributed by atoms with Crippen LogP contribution in [0, 0.1) is 23.6 Å². The van der Waals surface area contributed by atoms with Gasteiger partial charge in [-0.15, -0.1) is 0 Å². The molecule has 1 saturated carbocycles. The van der Waals surface area contributed by atoms with Gasteiger partial charge in [0, 0.05) is 17.0 Å². The van der Waals surface area contributed by atoms with Gasteiger partial charge < -0.3 is 16.0 Å². The number of carbonyl (C=O) groups excluding carboxylic acids is 3. The molecule has 13 heteroatoms. The molecule has 200 valence electrons. The standard InChI is InChI=1S/C27H20BrFN8O3/c28-21-2-1-3-23(33-21)34-27(40)20-10-15-9-19(15)37(20)24(38)13-36-18-6-4-14(8-17(18)25(35-36)26(30)39)5-7-22-31-11-16(29)12-32-22/h1-4,6,8,11-12,15,19-20H,9-10,13H2,(H2,30,39)(H,33,34,40)/t15-,19-,20+/m1/s1. The van der Waals surface area contributed by atoms with E-state index in [1.54, 1.807) is 41.3 Å². The third kappa shape index (κ3) is 5.01. The molecule has 2 fully saturated rings. The van der Waals surface area contributed by atoms with Crippen molar-refractivity contribution in [3.63, 3.8) is 0 Å². The maximum Gasteiger partial charge on any atom is 0.269 e. The fraction of sp³-hybridized carbons (Fsp3) is 0.222. The van der Waals surface area contributed by atoms with Crippen LogP contribution in [0.15, 0.2) is 53.4 Å². The van der Waals surface area contributed by atoms with Crippen molar-refractivity contribution in [2.45, 2.75) is 31.5 Å². The Kier molecular flexibility index (Phi) is 6.47. The van der Waals surface area contributed by atoms with E-state index in [4.69, 9.17) is 5.73 Å². The minimum atomic E-state index is -0.759. The molecule has 0 radical (unpaired) electrons. The first-order valence-electron chi connectivity index (χ1n) is 12.3. The van der Waals surface area contributed by atoms with E-state index in [1.807, 2.05) is 0 Å². The molecule has 1 saturated heterocycles. The van der Waals surface area contributed by atoms with Gasteiger partial charge in [0.05, 0.1) is 17.9 Å². The van der Waals surface area contributed by atoms with Gasteiger partial charge in [-0.2, -0.15) is 5.10 Å². The number of fused-ring (bicyclic) bond motifs is 2. The highest BCUT2D eigenvalue weighted by molar-refractivity contribution is 9.10. The number of halogens is 2. The molecule has 6 rings (SSSR count). The zero-order valence-corrected chi connectivity index (χ0v) is 22.3. The lowest BCUT2D eigenvalue weighted by molar-refractivity contribution is -0.138. The molecule has 3 amide bonds. The first-order chi connectivity index (χ1) is 19.3. The number of hydrogen-bond acceptors (Lipinski definition) is 7. The molecule has 2 aliphatic rings. The van der Waals surface area contributed by atoms with E-state index >= 15 is 0 Å². The van der Waals surface area contributed by atoms with Crippen molar-refractivity contribution < 1.29 is 18.8 Å². The zero-order chi connectivity index (χ0) is 28.0. The molecule has 11 nitrogen and oxygen atoms in total. The number of amides is 3. The van der Waals surface area contributed by atoms with E-state index in [2.05, 4.69) is 53.1 Å². The van der Waals surface area contributed by atoms with Crippen molar-refractivity contribution in [3.8, 4) is 11.8 Å². The van der Waals surface area contributed by atoms with Crippen LogP contribution >= 0.6 is 15.9 Å². The van der Waals surface area contributed by atoms with Crippen LogP contribution in [0.3, 0.4) is 0 Å². The molecule has 40 heavy (non-hydrogen) atoms. The zero-order valence-electron chi connectivity index (χ0n) is 20.7. The molecular weight excluding hydrogens is 583 g/mol. The average molecular weight is 603 g/mol. The summed E-state index contributed by atoms with van der Waals surface area (Å²) in [7, 11) is 0. The normalized spacial score (nSPS) is 19.1. The van der Waals surface area contributed by atoms with Gasteiger partial charge in [-0.3, -0.25) is 19.1 Å². The summed E-state index contributed by atoms with van der Waals surface area (Å²) >= 11 is 3.29. The molecular formula is C27H20BrFN8O3. The Balaban J connectivity index is 1.24. The number of nitrogens with zero attached hydrogens (tertiary/aromatic N) is 6. The van der Waals surface area contributed by atoms with E-state index in [0.717, 1.165) is 18.8 Å². The number of piperidine rings is 1. The Morgan fingerprint density at radius 1 is 1.12 bits per heavy atom. The number of benzene rings is 1. The second kappa shape index (κ2) is 10.1. The Morgan fingerprint density at radius 2 is 1.93 bits per heavy atom. The summed E-state index contributed by atoms with van der Waals surface area (Å²) in [4.78, 5) is 52.3. The van der Waals surface area contributed by atoms with Crippen molar-refractivity contribution in [1.82, 2.24) is 29.6 Å². The number of rotatable bonds is 5. The predicted molar refractivity (Wildman–Crippen MR) is 144 cm³/mol. The van der Waals surface area contributed by atoms with Gasteiger partial charge in [0.2, 0.25) is 17.6 Å². The first-order valence-corrected chi connectivity index (χ1v) is 13.1. The van der Waals surface area contributed by atoms with Crippen LogP contribution in [-0.4, -0.2) is 59.4 Å². The highest BCUT2D eigenvalue weighted by Gasteiger charge is 2.56. The molecule has 0 bridgehead atoms. The molecule has 0 unspecified atom stereocenters. The first kappa shape index (κ1) is 25.6. The fourth-order valence-corrected chi connectivity index (χ4v) is 5.35. The maximum atomic E-state index is 13.5. The van der Waals surface area contributed by atoms with Crippen molar-refractivity contribution in [1.29, 1.82) is 0 Å². The van der Waals surface area contributed by atoms with Gasteiger partial charge in [-0.1, -0.05) is 12.0 Å². The molecule has 3 aromatic heterocycles. The van der Waals surface area contributed by atoms with Gasteiger partial charge in [0.15, 0.2) is 11.5 Å². The number of nitrogens with two attached hydrogens (primary N) is 1.